The number of hydrogen-bond acceptors (Lipinski definition) is 1. The standard InChI is InChI=1S/C17H26BrN/c1-4-6-7-8-9-13-16(19-5-2)15-12-10-11-14(3)17(15)18/h4,10-12,16,19H,1,5-9,13H2,2-3H3. The molecular formula is C17H26BrN. The Bertz CT molecular complexity index is 387. The number of benzene rings is 1. The summed E-state index contributed by atoms with van der Waals surface area (Å²) < 4.78 is 1.26. The Hall–Kier alpha value is -0.600. The van der Waals surface area contributed by atoms with E-state index >= 15 is 0 Å². The molecule has 1 unspecified atom stereocenters. The number of aryl methyl sites for hydroxylation is 1. The van der Waals surface area contributed by atoms with Crippen LogP contribution in [0.2, 0.25) is 0 Å². The summed E-state index contributed by atoms with van der Waals surface area (Å²) >= 11 is 3.73. The van der Waals surface area contributed by atoms with E-state index in [1.807, 2.05) is 6.08 Å². The number of allylic oxidation sites excluding steroid dienone is 1. The number of hydrogen-bond donors (Lipinski definition) is 1. The van der Waals surface area contributed by atoms with Gasteiger partial charge in [0, 0.05) is 10.5 Å². The van der Waals surface area contributed by atoms with Crippen LogP contribution in [0.5, 0.6) is 0 Å². The molecule has 0 aliphatic rings. The Morgan fingerprint density at radius 2 is 2.11 bits per heavy atom. The second-order valence-corrected chi connectivity index (χ2v) is 5.81. The van der Waals surface area contributed by atoms with Gasteiger partial charge in [0.25, 0.3) is 0 Å². The van der Waals surface area contributed by atoms with Crippen molar-refractivity contribution in [3.05, 3.63) is 46.5 Å². The third kappa shape index (κ3) is 5.50. The SMILES string of the molecule is C=CCCCCCC(NCC)c1cccc(C)c1Br. The van der Waals surface area contributed by atoms with Crippen molar-refractivity contribution in [2.45, 2.75) is 52.0 Å². The number of nitrogens with one attached hydrogen (secondary N) is 1. The van der Waals surface area contributed by atoms with Gasteiger partial charge in [-0.05, 0) is 43.9 Å². The van der Waals surface area contributed by atoms with Gasteiger partial charge in [-0.25, -0.2) is 0 Å². The van der Waals surface area contributed by atoms with Crippen LogP contribution >= 0.6 is 15.9 Å². The van der Waals surface area contributed by atoms with Crippen molar-refractivity contribution < 1.29 is 0 Å². The van der Waals surface area contributed by atoms with Crippen LogP contribution in [-0.2, 0) is 0 Å². The first-order valence-electron chi connectivity index (χ1n) is 7.30. The Morgan fingerprint density at radius 3 is 2.79 bits per heavy atom. The molecule has 0 bridgehead atoms. The molecule has 1 rings (SSSR count). The molecule has 0 radical (unpaired) electrons. The van der Waals surface area contributed by atoms with Crippen molar-refractivity contribution in [3.8, 4) is 0 Å². The maximum Gasteiger partial charge on any atom is 0.0331 e. The Balaban J connectivity index is 2.60. The van der Waals surface area contributed by atoms with Gasteiger partial charge in [0.2, 0.25) is 0 Å². The van der Waals surface area contributed by atoms with Crippen LogP contribution in [-0.4, -0.2) is 6.54 Å². The minimum Gasteiger partial charge on any atom is -0.310 e. The zero-order chi connectivity index (χ0) is 14.1. The van der Waals surface area contributed by atoms with Crippen LogP contribution in [0.3, 0.4) is 0 Å². The Morgan fingerprint density at radius 1 is 1.32 bits per heavy atom. The smallest absolute Gasteiger partial charge is 0.0331 e. The topological polar surface area (TPSA) is 12.0 Å². The predicted octanol–water partition coefficient (Wildman–Crippen LogP) is 5.54. The Labute approximate surface area is 126 Å². The first-order chi connectivity index (χ1) is 9.20. The average Bonchev–Trinajstić information content (AvgIpc) is 2.41. The van der Waals surface area contributed by atoms with E-state index < -0.39 is 0 Å². The van der Waals surface area contributed by atoms with E-state index in [0.717, 1.165) is 13.0 Å². The second-order valence-electron chi connectivity index (χ2n) is 5.02. The van der Waals surface area contributed by atoms with Crippen LogP contribution in [0, 0.1) is 6.92 Å². The van der Waals surface area contributed by atoms with Gasteiger partial charge in [-0.3, -0.25) is 0 Å². The first-order valence-corrected chi connectivity index (χ1v) is 8.09. The largest absolute Gasteiger partial charge is 0.310 e. The predicted molar refractivity (Wildman–Crippen MR) is 88.6 cm³/mol. The van der Waals surface area contributed by atoms with Gasteiger partial charge in [-0.1, -0.05) is 60.0 Å². The quantitative estimate of drug-likeness (QED) is 0.464. The van der Waals surface area contributed by atoms with Gasteiger partial charge in [-0.15, -0.1) is 6.58 Å². The summed E-state index contributed by atoms with van der Waals surface area (Å²) in [6, 6.07) is 7.00. The van der Waals surface area contributed by atoms with Crippen molar-refractivity contribution in [2.24, 2.45) is 0 Å². The summed E-state index contributed by atoms with van der Waals surface area (Å²) in [4.78, 5) is 0. The zero-order valence-electron chi connectivity index (χ0n) is 12.2. The van der Waals surface area contributed by atoms with Crippen LogP contribution in [0.4, 0.5) is 0 Å². The third-order valence-electron chi connectivity index (χ3n) is 3.45. The lowest BCUT2D eigenvalue weighted by molar-refractivity contribution is 0.482. The van der Waals surface area contributed by atoms with E-state index in [1.54, 1.807) is 0 Å². The molecule has 0 saturated carbocycles. The maximum atomic E-state index is 3.77. The van der Waals surface area contributed by atoms with Gasteiger partial charge in [0.05, 0.1) is 0 Å². The minimum atomic E-state index is 0.461. The van der Waals surface area contributed by atoms with Crippen LogP contribution in [0.25, 0.3) is 0 Å². The van der Waals surface area contributed by atoms with Crippen molar-refractivity contribution in [1.29, 1.82) is 0 Å². The molecule has 1 aromatic carbocycles. The summed E-state index contributed by atoms with van der Waals surface area (Å²) in [5.41, 5.74) is 2.71. The molecule has 1 atom stereocenters. The molecule has 1 aromatic rings. The molecule has 1 nitrogen and oxygen atoms in total. The third-order valence-corrected chi connectivity index (χ3v) is 4.53. The van der Waals surface area contributed by atoms with Crippen LogP contribution < -0.4 is 5.32 Å². The molecule has 0 aromatic heterocycles. The van der Waals surface area contributed by atoms with Crippen molar-refractivity contribution >= 4 is 15.9 Å². The molecule has 0 spiro atoms. The molecule has 0 aliphatic heterocycles. The summed E-state index contributed by atoms with van der Waals surface area (Å²) in [6.07, 6.45) is 8.17. The van der Waals surface area contributed by atoms with Gasteiger partial charge in [0.1, 0.15) is 0 Å². The summed E-state index contributed by atoms with van der Waals surface area (Å²) in [6.45, 7) is 9.11. The minimum absolute atomic E-state index is 0.461. The van der Waals surface area contributed by atoms with E-state index in [4.69, 9.17) is 0 Å². The van der Waals surface area contributed by atoms with Crippen LogP contribution in [0.1, 0.15) is 56.2 Å². The summed E-state index contributed by atoms with van der Waals surface area (Å²) in [5.74, 6) is 0. The normalized spacial score (nSPS) is 12.4. The first kappa shape index (κ1) is 16.5. The fourth-order valence-electron chi connectivity index (χ4n) is 2.37. The summed E-state index contributed by atoms with van der Waals surface area (Å²) in [7, 11) is 0. The molecular weight excluding hydrogens is 298 g/mol. The highest BCUT2D eigenvalue weighted by Gasteiger charge is 2.13. The van der Waals surface area contributed by atoms with E-state index in [-0.39, 0.29) is 0 Å². The highest BCUT2D eigenvalue weighted by molar-refractivity contribution is 9.10. The van der Waals surface area contributed by atoms with Crippen LogP contribution in [0.15, 0.2) is 35.3 Å². The van der Waals surface area contributed by atoms with Crippen molar-refractivity contribution in [3.63, 3.8) is 0 Å². The molecule has 0 heterocycles. The molecule has 2 heteroatoms. The lowest BCUT2D eigenvalue weighted by Crippen LogP contribution is -2.21. The zero-order valence-corrected chi connectivity index (χ0v) is 13.8. The Kier molecular flexibility index (Phi) is 8.08. The van der Waals surface area contributed by atoms with Gasteiger partial charge < -0.3 is 5.32 Å². The number of rotatable bonds is 9. The lowest BCUT2D eigenvalue weighted by atomic mass is 9.98. The van der Waals surface area contributed by atoms with Crippen molar-refractivity contribution in [1.82, 2.24) is 5.32 Å². The summed E-state index contributed by atoms with van der Waals surface area (Å²) in [5, 5.41) is 3.61. The number of halogens is 1. The fraction of sp³-hybridized carbons (Fsp3) is 0.529. The van der Waals surface area contributed by atoms with E-state index in [2.05, 4.69) is 59.9 Å². The monoisotopic (exact) mass is 323 g/mol. The lowest BCUT2D eigenvalue weighted by Gasteiger charge is -2.20. The second kappa shape index (κ2) is 9.33. The molecule has 106 valence electrons. The van der Waals surface area contributed by atoms with Gasteiger partial charge >= 0.3 is 0 Å². The van der Waals surface area contributed by atoms with Gasteiger partial charge in [-0.2, -0.15) is 0 Å². The highest BCUT2D eigenvalue weighted by atomic mass is 79.9. The van der Waals surface area contributed by atoms with E-state index in [1.165, 1.54) is 41.3 Å². The fourth-order valence-corrected chi connectivity index (χ4v) is 2.91. The molecule has 19 heavy (non-hydrogen) atoms. The van der Waals surface area contributed by atoms with Gasteiger partial charge in [0.15, 0.2) is 0 Å². The maximum absolute atomic E-state index is 3.77. The molecule has 0 aliphatic carbocycles. The van der Waals surface area contributed by atoms with E-state index in [9.17, 15) is 0 Å². The molecule has 0 fully saturated rings. The highest BCUT2D eigenvalue weighted by Crippen LogP contribution is 2.29. The van der Waals surface area contributed by atoms with Crippen molar-refractivity contribution in [2.75, 3.05) is 6.54 Å². The molecule has 0 amide bonds. The average molecular weight is 324 g/mol. The molecule has 1 N–H and O–H groups in total. The number of unbranched alkanes of at least 4 members (excludes halogenated alkanes) is 3. The molecule has 0 saturated heterocycles. The van der Waals surface area contributed by atoms with E-state index in [0.29, 0.717) is 6.04 Å².